The van der Waals surface area contributed by atoms with E-state index in [0.717, 1.165) is 15.9 Å². The summed E-state index contributed by atoms with van der Waals surface area (Å²) in [5.74, 6) is -0.114. The third-order valence-corrected chi connectivity index (χ3v) is 5.13. The third kappa shape index (κ3) is 4.43. The van der Waals surface area contributed by atoms with E-state index in [1.54, 1.807) is 25.1 Å². The first-order valence-electron chi connectivity index (χ1n) is 8.40. The zero-order valence-electron chi connectivity index (χ0n) is 14.4. The van der Waals surface area contributed by atoms with Crippen LogP contribution in [-0.4, -0.2) is 11.2 Å². The summed E-state index contributed by atoms with van der Waals surface area (Å²) >= 11 is 1.25. The van der Waals surface area contributed by atoms with Crippen LogP contribution < -0.4 is 10.0 Å². The fourth-order valence-electron chi connectivity index (χ4n) is 2.65. The maximum Gasteiger partial charge on any atom is 0.252 e. The van der Waals surface area contributed by atoms with Crippen LogP contribution in [0.2, 0.25) is 0 Å². The molecule has 0 radical (unpaired) electrons. The minimum atomic E-state index is -0.396. The molecule has 3 rings (SSSR count). The molecule has 0 unspecified atom stereocenters. The van der Waals surface area contributed by atoms with Crippen molar-refractivity contribution in [2.45, 2.75) is 23.2 Å². The Morgan fingerprint density at radius 1 is 0.923 bits per heavy atom. The molecule has 1 N–H and O–H groups in total. The normalized spacial score (nSPS) is 11.9. The van der Waals surface area contributed by atoms with Crippen molar-refractivity contribution in [1.82, 2.24) is 5.32 Å². The van der Waals surface area contributed by atoms with Gasteiger partial charge in [-0.15, -0.1) is 0 Å². The van der Waals surface area contributed by atoms with Crippen molar-refractivity contribution in [2.24, 2.45) is 0 Å². The van der Waals surface area contributed by atoms with Gasteiger partial charge in [0.15, 0.2) is 6.20 Å². The van der Waals surface area contributed by atoms with Crippen molar-refractivity contribution >= 4 is 17.7 Å². The summed E-state index contributed by atoms with van der Waals surface area (Å²) in [6.45, 7) is 1.81. The number of carbonyl (C=O) groups excluding carboxylic acids is 1. The molecule has 132 valence electrons. The van der Waals surface area contributed by atoms with Crippen molar-refractivity contribution in [3.8, 4) is 0 Å². The molecule has 4 nitrogen and oxygen atoms in total. The second kappa shape index (κ2) is 8.54. The van der Waals surface area contributed by atoms with E-state index < -0.39 is 5.25 Å². The average molecular weight is 364 g/mol. The highest BCUT2D eigenvalue weighted by molar-refractivity contribution is 8.00. The van der Waals surface area contributed by atoms with Gasteiger partial charge in [-0.3, -0.25) is 4.79 Å². The Bertz CT molecular complexity index is 817. The highest BCUT2D eigenvalue weighted by Crippen LogP contribution is 2.24. The summed E-state index contributed by atoms with van der Waals surface area (Å²) in [6, 6.07) is 24.7. The molecule has 0 aliphatic heterocycles. The number of benzene rings is 2. The summed E-state index contributed by atoms with van der Waals surface area (Å²) in [5, 5.41) is 15.0. The van der Waals surface area contributed by atoms with Gasteiger partial charge in [-0.2, -0.15) is 4.73 Å². The number of nitrogens with zero attached hydrogens (tertiary/aromatic N) is 1. The SMILES string of the molecule is C[C@@H](Sc1cccc[n+]1[O-])C(=O)NC(c1ccccc1)c1ccccc1. The molecule has 0 bridgehead atoms. The fraction of sp³-hybridized carbons (Fsp3) is 0.143. The van der Waals surface area contributed by atoms with Crippen molar-refractivity contribution in [2.75, 3.05) is 0 Å². The largest absolute Gasteiger partial charge is 0.618 e. The summed E-state index contributed by atoms with van der Waals surface area (Å²) < 4.78 is 0.778. The molecule has 26 heavy (non-hydrogen) atoms. The van der Waals surface area contributed by atoms with Crippen LogP contribution in [0, 0.1) is 5.21 Å². The standard InChI is InChI=1S/C21H20N2O2S/c1-16(26-19-14-8-9-15-23(19)25)21(24)22-20(17-10-4-2-5-11-17)18-12-6-3-7-13-18/h2-16,20H,1H3,(H,22,24)/t16-/m1/s1. The number of nitrogens with one attached hydrogen (secondary N) is 1. The topological polar surface area (TPSA) is 56.0 Å². The van der Waals surface area contributed by atoms with E-state index in [4.69, 9.17) is 0 Å². The van der Waals surface area contributed by atoms with E-state index in [-0.39, 0.29) is 11.9 Å². The van der Waals surface area contributed by atoms with Crippen molar-refractivity contribution < 1.29 is 9.52 Å². The van der Waals surface area contributed by atoms with Gasteiger partial charge in [-0.1, -0.05) is 60.7 Å². The molecule has 1 heterocycles. The lowest BCUT2D eigenvalue weighted by atomic mass is 9.98. The first-order valence-corrected chi connectivity index (χ1v) is 9.28. The lowest BCUT2D eigenvalue weighted by Gasteiger charge is -2.21. The monoisotopic (exact) mass is 364 g/mol. The Balaban J connectivity index is 1.78. The fourth-order valence-corrected chi connectivity index (χ4v) is 3.51. The van der Waals surface area contributed by atoms with E-state index in [2.05, 4.69) is 5.32 Å². The van der Waals surface area contributed by atoms with Crippen LogP contribution in [0.3, 0.4) is 0 Å². The molecule has 1 aromatic heterocycles. The second-order valence-electron chi connectivity index (χ2n) is 5.89. The van der Waals surface area contributed by atoms with Crippen LogP contribution in [0.4, 0.5) is 0 Å². The van der Waals surface area contributed by atoms with Gasteiger partial charge in [0.25, 0.3) is 5.03 Å². The molecule has 2 aromatic carbocycles. The molecule has 0 saturated heterocycles. The van der Waals surface area contributed by atoms with E-state index in [1.807, 2.05) is 60.7 Å². The maximum atomic E-state index is 12.8. The van der Waals surface area contributed by atoms with Crippen LogP contribution >= 0.6 is 11.8 Å². The molecule has 0 fully saturated rings. The highest BCUT2D eigenvalue weighted by atomic mass is 32.2. The van der Waals surface area contributed by atoms with Crippen molar-refractivity contribution in [3.05, 3.63) is 101 Å². The van der Waals surface area contributed by atoms with Gasteiger partial charge in [0, 0.05) is 12.1 Å². The Morgan fingerprint density at radius 3 is 2.00 bits per heavy atom. The van der Waals surface area contributed by atoms with Crippen molar-refractivity contribution in [1.29, 1.82) is 0 Å². The number of hydrogen-bond donors (Lipinski definition) is 1. The minimum absolute atomic E-state index is 0.114. The summed E-state index contributed by atoms with van der Waals surface area (Å²) in [5.41, 5.74) is 2.03. The van der Waals surface area contributed by atoms with Crippen LogP contribution in [0.15, 0.2) is 90.1 Å². The first kappa shape index (κ1) is 18.0. The summed E-state index contributed by atoms with van der Waals surface area (Å²) in [4.78, 5) is 12.8. The number of carbonyl (C=O) groups is 1. The number of aromatic nitrogens is 1. The number of pyridine rings is 1. The molecule has 5 heteroatoms. The van der Waals surface area contributed by atoms with Crippen LogP contribution in [0.25, 0.3) is 0 Å². The van der Waals surface area contributed by atoms with Gasteiger partial charge < -0.3 is 10.5 Å². The molecule has 0 saturated carbocycles. The second-order valence-corrected chi connectivity index (χ2v) is 7.25. The molecule has 3 aromatic rings. The number of hydrogen-bond acceptors (Lipinski definition) is 3. The predicted molar refractivity (Wildman–Crippen MR) is 104 cm³/mol. The van der Waals surface area contributed by atoms with Crippen LogP contribution in [0.5, 0.6) is 0 Å². The minimum Gasteiger partial charge on any atom is -0.618 e. The van der Waals surface area contributed by atoms with Crippen molar-refractivity contribution in [3.63, 3.8) is 0 Å². The Morgan fingerprint density at radius 2 is 1.46 bits per heavy atom. The highest BCUT2D eigenvalue weighted by Gasteiger charge is 2.23. The summed E-state index contributed by atoms with van der Waals surface area (Å²) in [6.07, 6.45) is 1.43. The van der Waals surface area contributed by atoms with Gasteiger partial charge in [0.1, 0.15) is 0 Å². The Hall–Kier alpha value is -2.79. The zero-order chi connectivity index (χ0) is 18.4. The Kier molecular flexibility index (Phi) is 5.92. The smallest absolute Gasteiger partial charge is 0.252 e. The molecule has 1 atom stereocenters. The van der Waals surface area contributed by atoms with Crippen LogP contribution in [0.1, 0.15) is 24.1 Å². The number of thioether (sulfide) groups is 1. The first-order chi connectivity index (χ1) is 12.6. The van der Waals surface area contributed by atoms with Gasteiger partial charge >= 0.3 is 0 Å². The summed E-state index contributed by atoms with van der Waals surface area (Å²) in [7, 11) is 0. The lowest BCUT2D eigenvalue weighted by Crippen LogP contribution is -2.36. The molecule has 0 aliphatic carbocycles. The molecule has 0 aliphatic rings. The van der Waals surface area contributed by atoms with Crippen LogP contribution in [-0.2, 0) is 4.79 Å². The van der Waals surface area contributed by atoms with Gasteiger partial charge in [-0.05, 0) is 35.9 Å². The van der Waals surface area contributed by atoms with Gasteiger partial charge in [0.2, 0.25) is 5.91 Å². The average Bonchev–Trinajstić information content (AvgIpc) is 2.69. The maximum absolute atomic E-state index is 12.8. The zero-order valence-corrected chi connectivity index (χ0v) is 15.2. The van der Waals surface area contributed by atoms with E-state index in [1.165, 1.54) is 18.0 Å². The lowest BCUT2D eigenvalue weighted by molar-refractivity contribution is -0.645. The molecular weight excluding hydrogens is 344 g/mol. The quantitative estimate of drug-likeness (QED) is 0.412. The molecule has 0 spiro atoms. The Labute approximate surface area is 157 Å². The van der Waals surface area contributed by atoms with Gasteiger partial charge in [-0.25, -0.2) is 0 Å². The van der Waals surface area contributed by atoms with E-state index >= 15 is 0 Å². The third-order valence-electron chi connectivity index (χ3n) is 4.01. The number of amides is 1. The van der Waals surface area contributed by atoms with Gasteiger partial charge in [0.05, 0.1) is 11.3 Å². The van der Waals surface area contributed by atoms with E-state index in [9.17, 15) is 10.0 Å². The predicted octanol–water partition coefficient (Wildman–Crippen LogP) is 3.71. The molecule has 1 amide bonds. The van der Waals surface area contributed by atoms with E-state index in [0.29, 0.717) is 5.03 Å². The molecular formula is C21H20N2O2S. The number of rotatable bonds is 6.